The minimum atomic E-state index is -1.38. The molecule has 0 spiro atoms. The van der Waals surface area contributed by atoms with E-state index in [9.17, 15) is 4.79 Å². The first kappa shape index (κ1) is 14.6. The minimum absolute atomic E-state index is 0.104. The predicted molar refractivity (Wildman–Crippen MR) is 82.9 cm³/mol. The van der Waals surface area contributed by atoms with Crippen LogP contribution in [0.15, 0.2) is 34.7 Å². The van der Waals surface area contributed by atoms with Crippen molar-refractivity contribution in [1.82, 2.24) is 0 Å². The summed E-state index contributed by atoms with van der Waals surface area (Å²) in [6, 6.07) is 9.62. The molecule has 4 heteroatoms. The third kappa shape index (κ3) is 3.19. The molecule has 0 amide bonds. The summed E-state index contributed by atoms with van der Waals surface area (Å²) in [4.78, 5) is 11.2. The summed E-state index contributed by atoms with van der Waals surface area (Å²) >= 11 is 0. The van der Waals surface area contributed by atoms with Crippen molar-refractivity contribution in [1.29, 1.82) is 0 Å². The average Bonchev–Trinajstić information content (AvgIpc) is 2.79. The van der Waals surface area contributed by atoms with Gasteiger partial charge >= 0.3 is 0 Å². The summed E-state index contributed by atoms with van der Waals surface area (Å²) in [6.07, 6.45) is 0. The highest BCUT2D eigenvalue weighted by Gasteiger charge is 2.18. The summed E-state index contributed by atoms with van der Waals surface area (Å²) in [7, 11) is -1.38. The van der Waals surface area contributed by atoms with E-state index < -0.39 is 8.07 Å². The number of ketones is 1. The second-order valence-electron chi connectivity index (χ2n) is 6.01. The molecule has 106 valence electrons. The van der Waals surface area contributed by atoms with Crippen molar-refractivity contribution in [2.45, 2.75) is 33.5 Å². The van der Waals surface area contributed by atoms with Crippen LogP contribution >= 0.6 is 0 Å². The number of hydrogen-bond donors (Lipinski definition) is 0. The van der Waals surface area contributed by atoms with E-state index in [4.69, 9.17) is 9.15 Å². The molecule has 2 aromatic rings. The first-order valence-electron chi connectivity index (χ1n) is 6.67. The predicted octanol–water partition coefficient (Wildman–Crippen LogP) is 4.13. The van der Waals surface area contributed by atoms with Crippen molar-refractivity contribution in [2.24, 2.45) is 0 Å². The van der Waals surface area contributed by atoms with Crippen LogP contribution in [-0.2, 0) is 0 Å². The second-order valence-corrected chi connectivity index (χ2v) is 11.1. The highest BCUT2D eigenvalue weighted by atomic mass is 28.3. The maximum Gasteiger partial charge on any atom is 0.290 e. The quantitative estimate of drug-likeness (QED) is 0.627. The molecule has 0 saturated heterocycles. The maximum atomic E-state index is 11.2. The van der Waals surface area contributed by atoms with Crippen molar-refractivity contribution in [3.05, 3.63) is 41.7 Å². The van der Waals surface area contributed by atoms with Crippen LogP contribution in [0, 0.1) is 6.92 Å². The lowest BCUT2D eigenvalue weighted by Gasteiger charge is -2.18. The molecule has 2 rings (SSSR count). The molecule has 0 saturated carbocycles. The SMILES string of the molecule is CC(=O)c1ccc(Oc2cc([Si](C)(C)C)ccc2C)o1. The van der Waals surface area contributed by atoms with Gasteiger partial charge < -0.3 is 9.15 Å². The Morgan fingerprint density at radius 3 is 2.40 bits per heavy atom. The van der Waals surface area contributed by atoms with E-state index in [1.165, 1.54) is 12.1 Å². The number of carbonyl (C=O) groups is 1. The van der Waals surface area contributed by atoms with Crippen molar-refractivity contribution >= 4 is 19.0 Å². The van der Waals surface area contributed by atoms with E-state index in [2.05, 4.69) is 37.8 Å². The molecular formula is C16H20O3Si. The zero-order chi connectivity index (χ0) is 14.9. The molecule has 1 aromatic carbocycles. The number of hydrogen-bond acceptors (Lipinski definition) is 3. The van der Waals surface area contributed by atoms with E-state index in [0.717, 1.165) is 11.3 Å². The standard InChI is InChI=1S/C16H20O3Si/c1-11-6-7-13(20(3,4)5)10-15(11)19-16-9-8-14(18-16)12(2)17/h6-10H,1-5H3. The Hall–Kier alpha value is -1.81. The average molecular weight is 288 g/mol. The molecule has 20 heavy (non-hydrogen) atoms. The Morgan fingerprint density at radius 2 is 1.85 bits per heavy atom. The largest absolute Gasteiger partial charge is 0.426 e. The van der Waals surface area contributed by atoms with Gasteiger partial charge in [-0.15, -0.1) is 0 Å². The normalized spacial score (nSPS) is 11.4. The number of carbonyl (C=O) groups excluding carboxylic acids is 1. The Bertz CT molecular complexity index is 635. The van der Waals surface area contributed by atoms with Gasteiger partial charge in [0.05, 0.1) is 8.07 Å². The summed E-state index contributed by atoms with van der Waals surface area (Å²) < 4.78 is 11.1. The zero-order valence-electron chi connectivity index (χ0n) is 12.6. The molecule has 0 aliphatic carbocycles. The number of ether oxygens (including phenoxy) is 1. The minimum Gasteiger partial charge on any atom is -0.426 e. The lowest BCUT2D eigenvalue weighted by atomic mass is 10.2. The van der Waals surface area contributed by atoms with Crippen LogP contribution in [0.4, 0.5) is 0 Å². The van der Waals surface area contributed by atoms with E-state index >= 15 is 0 Å². The molecule has 0 fully saturated rings. The molecule has 1 aromatic heterocycles. The van der Waals surface area contributed by atoms with Crippen LogP contribution in [-0.4, -0.2) is 13.9 Å². The summed E-state index contributed by atoms with van der Waals surface area (Å²) in [5.41, 5.74) is 1.05. The van der Waals surface area contributed by atoms with Gasteiger partial charge in [-0.05, 0) is 24.6 Å². The number of rotatable bonds is 4. The fourth-order valence-electron chi connectivity index (χ4n) is 1.85. The first-order valence-corrected chi connectivity index (χ1v) is 10.2. The number of furan rings is 1. The Labute approximate surface area is 120 Å². The fraction of sp³-hybridized carbons (Fsp3) is 0.312. The third-order valence-electron chi connectivity index (χ3n) is 3.19. The Balaban J connectivity index is 2.30. The highest BCUT2D eigenvalue weighted by Crippen LogP contribution is 2.26. The number of benzene rings is 1. The van der Waals surface area contributed by atoms with Crippen LogP contribution in [0.25, 0.3) is 0 Å². The molecular weight excluding hydrogens is 268 g/mol. The van der Waals surface area contributed by atoms with Gasteiger partial charge in [0, 0.05) is 13.0 Å². The molecule has 3 nitrogen and oxygen atoms in total. The van der Waals surface area contributed by atoms with Crippen LogP contribution < -0.4 is 9.92 Å². The Morgan fingerprint density at radius 1 is 1.15 bits per heavy atom. The van der Waals surface area contributed by atoms with Crippen LogP contribution in [0.1, 0.15) is 23.0 Å². The van der Waals surface area contributed by atoms with Gasteiger partial charge in [0.2, 0.25) is 0 Å². The number of aryl methyl sites for hydroxylation is 1. The first-order chi connectivity index (χ1) is 9.27. The molecule has 1 heterocycles. The molecule has 0 aliphatic rings. The van der Waals surface area contributed by atoms with E-state index in [1.807, 2.05) is 6.92 Å². The summed E-state index contributed by atoms with van der Waals surface area (Å²) in [5.74, 6) is 1.35. The Kier molecular flexibility index (Phi) is 3.86. The van der Waals surface area contributed by atoms with E-state index in [1.54, 1.807) is 12.1 Å². The molecule has 0 atom stereocenters. The maximum absolute atomic E-state index is 11.2. The van der Waals surface area contributed by atoms with Crippen molar-refractivity contribution in [3.63, 3.8) is 0 Å². The smallest absolute Gasteiger partial charge is 0.290 e. The van der Waals surface area contributed by atoms with Gasteiger partial charge in [-0.3, -0.25) is 4.79 Å². The van der Waals surface area contributed by atoms with Crippen LogP contribution in [0.3, 0.4) is 0 Å². The van der Waals surface area contributed by atoms with Crippen molar-refractivity contribution in [2.75, 3.05) is 0 Å². The molecule has 0 radical (unpaired) electrons. The lowest BCUT2D eigenvalue weighted by Crippen LogP contribution is -2.37. The third-order valence-corrected chi connectivity index (χ3v) is 5.24. The lowest BCUT2D eigenvalue weighted by molar-refractivity contribution is 0.0982. The molecule has 0 aliphatic heterocycles. The summed E-state index contributed by atoms with van der Waals surface area (Å²) in [5, 5.41) is 1.33. The van der Waals surface area contributed by atoms with Gasteiger partial charge in [-0.2, -0.15) is 0 Å². The van der Waals surface area contributed by atoms with Gasteiger partial charge in [0.1, 0.15) is 5.75 Å². The van der Waals surface area contributed by atoms with Crippen molar-refractivity contribution in [3.8, 4) is 11.7 Å². The molecule has 0 bridgehead atoms. The van der Waals surface area contributed by atoms with Crippen LogP contribution in [0.5, 0.6) is 11.7 Å². The van der Waals surface area contributed by atoms with Crippen LogP contribution in [0.2, 0.25) is 19.6 Å². The van der Waals surface area contributed by atoms with E-state index in [-0.39, 0.29) is 5.78 Å². The van der Waals surface area contributed by atoms with Gasteiger partial charge in [0.15, 0.2) is 11.5 Å². The van der Waals surface area contributed by atoms with Gasteiger partial charge in [-0.1, -0.05) is 37.0 Å². The summed E-state index contributed by atoms with van der Waals surface area (Å²) in [6.45, 7) is 10.4. The monoisotopic (exact) mass is 288 g/mol. The van der Waals surface area contributed by atoms with E-state index in [0.29, 0.717) is 11.7 Å². The topological polar surface area (TPSA) is 39.4 Å². The van der Waals surface area contributed by atoms with Gasteiger partial charge in [-0.25, -0.2) is 0 Å². The number of Topliss-reactive ketones (excluding diaryl/α,β-unsaturated/α-hetero) is 1. The fourth-order valence-corrected chi connectivity index (χ4v) is 3.00. The van der Waals surface area contributed by atoms with Crippen molar-refractivity contribution < 1.29 is 13.9 Å². The zero-order valence-corrected chi connectivity index (χ0v) is 13.6. The molecule has 0 N–H and O–H groups in total. The second kappa shape index (κ2) is 5.29. The highest BCUT2D eigenvalue weighted by molar-refractivity contribution is 6.88. The van der Waals surface area contributed by atoms with Gasteiger partial charge in [0.25, 0.3) is 5.95 Å². The molecule has 0 unspecified atom stereocenters.